The summed E-state index contributed by atoms with van der Waals surface area (Å²) in [6.45, 7) is 2.15. The number of nitrogens with two attached hydrogens (primary N) is 1. The van der Waals surface area contributed by atoms with Crippen LogP contribution in [0.3, 0.4) is 0 Å². The van der Waals surface area contributed by atoms with Crippen molar-refractivity contribution in [1.82, 2.24) is 0 Å². The zero-order chi connectivity index (χ0) is 21.2. The summed E-state index contributed by atoms with van der Waals surface area (Å²) >= 11 is 1.37. The molecule has 1 aromatic heterocycles. The van der Waals surface area contributed by atoms with Crippen LogP contribution in [0, 0.1) is 11.7 Å². The first-order valence-corrected chi connectivity index (χ1v) is 11.9. The number of hydrogen-bond donors (Lipinski definition) is 2. The molecule has 1 aromatic carbocycles. The molecular weight excluding hydrogens is 415 g/mol. The van der Waals surface area contributed by atoms with E-state index in [0.29, 0.717) is 16.5 Å². The maximum Gasteiger partial charge on any atom is 0.251 e. The molecule has 2 aromatic rings. The molecular formula is C20H23FN2O4S2. The van der Waals surface area contributed by atoms with Crippen LogP contribution in [0.15, 0.2) is 29.2 Å². The van der Waals surface area contributed by atoms with Crippen molar-refractivity contribution in [3.63, 3.8) is 0 Å². The van der Waals surface area contributed by atoms with Crippen LogP contribution in [-0.4, -0.2) is 26.0 Å². The van der Waals surface area contributed by atoms with Gasteiger partial charge in [0.15, 0.2) is 9.84 Å². The van der Waals surface area contributed by atoms with E-state index in [1.54, 1.807) is 0 Å². The van der Waals surface area contributed by atoms with Crippen LogP contribution >= 0.6 is 11.3 Å². The lowest BCUT2D eigenvalue weighted by Gasteiger charge is -2.18. The summed E-state index contributed by atoms with van der Waals surface area (Å²) in [4.78, 5) is 25.3. The number of rotatable bonds is 7. The SMILES string of the molecule is CC1CCc2c(sc(NC(=O)CCCS(=O)(=O)c3ccc(F)cc3)c2C(N)=O)C1. The largest absolute Gasteiger partial charge is 0.365 e. The predicted molar refractivity (Wildman–Crippen MR) is 110 cm³/mol. The van der Waals surface area contributed by atoms with Gasteiger partial charge >= 0.3 is 0 Å². The van der Waals surface area contributed by atoms with Crippen molar-refractivity contribution in [3.05, 3.63) is 46.1 Å². The molecule has 0 saturated carbocycles. The summed E-state index contributed by atoms with van der Waals surface area (Å²) in [5.41, 5.74) is 6.84. The molecule has 0 saturated heterocycles. The first kappa shape index (κ1) is 21.4. The van der Waals surface area contributed by atoms with Gasteiger partial charge in [0.05, 0.1) is 16.2 Å². The second-order valence-corrected chi connectivity index (χ2v) is 10.6. The summed E-state index contributed by atoms with van der Waals surface area (Å²) in [6, 6.07) is 4.59. The number of primary amides is 1. The first-order valence-electron chi connectivity index (χ1n) is 9.40. The number of sulfone groups is 1. The summed E-state index contributed by atoms with van der Waals surface area (Å²) in [5.74, 6) is -1.16. The number of amides is 2. The van der Waals surface area contributed by atoms with Gasteiger partial charge in [-0.05, 0) is 61.4 Å². The van der Waals surface area contributed by atoms with E-state index in [4.69, 9.17) is 5.73 Å². The molecule has 0 aliphatic heterocycles. The minimum absolute atomic E-state index is 0.0163. The number of carbonyl (C=O) groups is 2. The van der Waals surface area contributed by atoms with Crippen molar-refractivity contribution < 1.29 is 22.4 Å². The smallest absolute Gasteiger partial charge is 0.251 e. The molecule has 3 N–H and O–H groups in total. The van der Waals surface area contributed by atoms with E-state index in [0.717, 1.165) is 41.8 Å². The maximum absolute atomic E-state index is 13.0. The van der Waals surface area contributed by atoms with Crippen molar-refractivity contribution in [2.45, 2.75) is 43.9 Å². The van der Waals surface area contributed by atoms with Gasteiger partial charge in [0, 0.05) is 11.3 Å². The van der Waals surface area contributed by atoms with Crippen LogP contribution in [0.2, 0.25) is 0 Å². The quantitative estimate of drug-likeness (QED) is 0.647. The number of thiophene rings is 1. The molecule has 1 aliphatic rings. The standard InChI is InChI=1S/C20H23FN2O4S2/c1-12-4-9-15-16(11-12)28-20(18(15)19(22)25)23-17(24)3-2-10-29(26,27)14-7-5-13(21)6-8-14/h5-8,12H,2-4,9-11H2,1H3,(H2,22,25)(H,23,24). The normalized spacial score (nSPS) is 16.3. The average molecular weight is 439 g/mol. The lowest BCUT2D eigenvalue weighted by molar-refractivity contribution is -0.116. The van der Waals surface area contributed by atoms with Crippen molar-refractivity contribution >= 4 is 38.0 Å². The lowest BCUT2D eigenvalue weighted by Crippen LogP contribution is -2.19. The molecule has 9 heteroatoms. The van der Waals surface area contributed by atoms with Gasteiger partial charge in [-0.1, -0.05) is 6.92 Å². The molecule has 1 heterocycles. The Hall–Kier alpha value is -2.26. The van der Waals surface area contributed by atoms with Gasteiger partial charge in [-0.25, -0.2) is 12.8 Å². The van der Waals surface area contributed by atoms with E-state index in [1.165, 1.54) is 23.5 Å². The number of nitrogens with one attached hydrogen (secondary N) is 1. The average Bonchev–Trinajstić information content (AvgIpc) is 2.98. The topological polar surface area (TPSA) is 106 Å². The Balaban J connectivity index is 1.63. The fourth-order valence-corrected chi connectivity index (χ4v) is 6.21. The highest BCUT2D eigenvalue weighted by molar-refractivity contribution is 7.91. The van der Waals surface area contributed by atoms with E-state index >= 15 is 0 Å². The van der Waals surface area contributed by atoms with Gasteiger partial charge in [-0.3, -0.25) is 9.59 Å². The molecule has 1 unspecified atom stereocenters. The minimum Gasteiger partial charge on any atom is -0.365 e. The molecule has 2 amide bonds. The molecule has 1 aliphatic carbocycles. The lowest BCUT2D eigenvalue weighted by atomic mass is 9.88. The van der Waals surface area contributed by atoms with Crippen molar-refractivity contribution in [3.8, 4) is 0 Å². The molecule has 29 heavy (non-hydrogen) atoms. The summed E-state index contributed by atoms with van der Waals surface area (Å²) in [7, 11) is -3.59. The van der Waals surface area contributed by atoms with Crippen LogP contribution in [0.4, 0.5) is 9.39 Å². The van der Waals surface area contributed by atoms with E-state index < -0.39 is 21.6 Å². The Morgan fingerprint density at radius 1 is 1.28 bits per heavy atom. The fourth-order valence-electron chi connectivity index (χ4n) is 3.47. The van der Waals surface area contributed by atoms with E-state index in [1.807, 2.05) is 0 Å². The zero-order valence-corrected chi connectivity index (χ0v) is 17.7. The van der Waals surface area contributed by atoms with Gasteiger partial charge in [-0.15, -0.1) is 11.3 Å². The zero-order valence-electron chi connectivity index (χ0n) is 16.0. The Morgan fingerprint density at radius 2 is 1.97 bits per heavy atom. The highest BCUT2D eigenvalue weighted by Gasteiger charge is 2.27. The van der Waals surface area contributed by atoms with Gasteiger partial charge in [-0.2, -0.15) is 0 Å². The second-order valence-electron chi connectivity index (χ2n) is 7.34. The number of benzene rings is 1. The van der Waals surface area contributed by atoms with Crippen LogP contribution in [-0.2, 0) is 27.5 Å². The van der Waals surface area contributed by atoms with E-state index in [2.05, 4.69) is 12.2 Å². The number of carbonyl (C=O) groups excluding carboxylic acids is 2. The highest BCUT2D eigenvalue weighted by Crippen LogP contribution is 2.39. The molecule has 1 atom stereocenters. The summed E-state index contributed by atoms with van der Waals surface area (Å²) in [6.07, 6.45) is 2.68. The van der Waals surface area contributed by atoms with E-state index in [9.17, 15) is 22.4 Å². The second kappa shape index (κ2) is 8.62. The van der Waals surface area contributed by atoms with Gasteiger partial charge in [0.2, 0.25) is 5.91 Å². The van der Waals surface area contributed by atoms with Crippen molar-refractivity contribution in [2.75, 3.05) is 11.1 Å². The minimum atomic E-state index is -3.59. The van der Waals surface area contributed by atoms with Gasteiger partial charge in [0.25, 0.3) is 5.91 Å². The van der Waals surface area contributed by atoms with Crippen molar-refractivity contribution in [2.24, 2.45) is 11.7 Å². The number of halogens is 1. The van der Waals surface area contributed by atoms with Gasteiger partial charge in [0.1, 0.15) is 10.8 Å². The third-order valence-electron chi connectivity index (χ3n) is 5.00. The molecule has 0 bridgehead atoms. The van der Waals surface area contributed by atoms with Crippen LogP contribution in [0.1, 0.15) is 47.0 Å². The monoisotopic (exact) mass is 438 g/mol. The Kier molecular flexibility index (Phi) is 6.38. The Labute approximate surface area is 173 Å². The van der Waals surface area contributed by atoms with Crippen LogP contribution in [0.25, 0.3) is 0 Å². The Bertz CT molecular complexity index is 1030. The molecule has 0 spiro atoms. The molecule has 3 rings (SSSR count). The maximum atomic E-state index is 13.0. The number of fused-ring (bicyclic) bond motifs is 1. The molecule has 6 nitrogen and oxygen atoms in total. The third-order valence-corrected chi connectivity index (χ3v) is 7.99. The van der Waals surface area contributed by atoms with Crippen LogP contribution in [0.5, 0.6) is 0 Å². The summed E-state index contributed by atoms with van der Waals surface area (Å²) < 4.78 is 37.5. The summed E-state index contributed by atoms with van der Waals surface area (Å²) in [5, 5.41) is 3.18. The third kappa shape index (κ3) is 5.02. The molecule has 156 valence electrons. The molecule has 0 fully saturated rings. The first-order chi connectivity index (χ1) is 13.7. The predicted octanol–water partition coefficient (Wildman–Crippen LogP) is 3.30. The number of hydrogen-bond acceptors (Lipinski definition) is 5. The Morgan fingerprint density at radius 3 is 2.62 bits per heavy atom. The number of anilines is 1. The molecule has 0 radical (unpaired) electrons. The van der Waals surface area contributed by atoms with Gasteiger partial charge < -0.3 is 11.1 Å². The van der Waals surface area contributed by atoms with Crippen molar-refractivity contribution in [1.29, 1.82) is 0 Å². The van der Waals surface area contributed by atoms with Crippen LogP contribution < -0.4 is 11.1 Å². The van der Waals surface area contributed by atoms with E-state index in [-0.39, 0.29) is 29.4 Å². The highest BCUT2D eigenvalue weighted by atomic mass is 32.2. The fraction of sp³-hybridized carbons (Fsp3) is 0.400.